The van der Waals surface area contributed by atoms with E-state index in [0.29, 0.717) is 0 Å². The number of benzene rings is 20. The molecule has 0 saturated carbocycles. The predicted octanol–water partition coefficient (Wildman–Crippen LogP) is 33.6. The molecule has 0 aliphatic carbocycles. The van der Waals surface area contributed by atoms with Crippen LogP contribution in [0.15, 0.2) is 413 Å². The summed E-state index contributed by atoms with van der Waals surface area (Å²) in [7, 11) is 0. The van der Waals surface area contributed by atoms with Gasteiger partial charge in [0.05, 0.1) is 50.5 Å². The lowest BCUT2D eigenvalue weighted by molar-refractivity contribution is 1.18. The Morgan fingerprint density at radius 1 is 0.209 bits per heavy atom. The number of aromatic nitrogens is 5. The molecule has 129 heavy (non-hydrogen) atoms. The van der Waals surface area contributed by atoms with E-state index in [1.165, 1.54) is 177 Å². The van der Waals surface area contributed by atoms with Crippen LogP contribution in [-0.4, -0.2) is 22.4 Å². The first-order valence-electron chi connectivity index (χ1n) is 44.5. The summed E-state index contributed by atoms with van der Waals surface area (Å²) < 4.78 is 17.8. The summed E-state index contributed by atoms with van der Waals surface area (Å²) in [6.07, 6.45) is 0. The molecule has 24 aromatic rings. The van der Waals surface area contributed by atoms with E-state index in [1.807, 2.05) is 0 Å². The summed E-state index contributed by atoms with van der Waals surface area (Å²) in [5.41, 5.74) is 43.7. The van der Waals surface area contributed by atoms with E-state index in [4.69, 9.17) is 8.75 Å². The van der Waals surface area contributed by atoms with Crippen LogP contribution in [-0.2, 0) is 0 Å². The van der Waals surface area contributed by atoms with Crippen molar-refractivity contribution in [1.82, 2.24) is 22.4 Å². The Labute approximate surface area is 753 Å². The second kappa shape index (κ2) is 31.0. The molecule has 0 radical (unpaired) electrons. The lowest BCUT2D eigenvalue weighted by atomic mass is 9.92. The highest BCUT2D eigenvalue weighted by molar-refractivity contribution is 7.00. The Balaban J connectivity index is 0.606. The molecule has 6 nitrogen and oxygen atoms in total. The van der Waals surface area contributed by atoms with Crippen molar-refractivity contribution in [1.29, 1.82) is 0 Å². The van der Waals surface area contributed by atoms with Crippen LogP contribution in [0, 0.1) is 41.5 Å². The Bertz CT molecular complexity index is 8100. The van der Waals surface area contributed by atoms with Gasteiger partial charge in [-0.1, -0.05) is 278 Å². The Morgan fingerprint density at radius 3 is 0.845 bits per heavy atom. The van der Waals surface area contributed by atoms with Crippen molar-refractivity contribution in [2.45, 2.75) is 41.5 Å². The van der Waals surface area contributed by atoms with Gasteiger partial charge < -0.3 is 18.6 Å². The summed E-state index contributed by atoms with van der Waals surface area (Å²) in [5.74, 6) is 0. The molecule has 0 bridgehead atoms. The van der Waals surface area contributed by atoms with Gasteiger partial charge in [0.2, 0.25) is 0 Å². The van der Waals surface area contributed by atoms with Crippen molar-refractivity contribution in [3.05, 3.63) is 446 Å². The van der Waals surface area contributed by atoms with Crippen LogP contribution in [0.3, 0.4) is 0 Å². The monoisotopic (exact) mass is 1670 g/mol. The number of nitrogens with zero attached hydrogens (tertiary/aromatic N) is 6. The quantitative estimate of drug-likeness (QED) is 0.103. The topological polar surface area (TPSA) is 43.8 Å². The molecule has 20 aromatic carbocycles. The van der Waals surface area contributed by atoms with E-state index in [-0.39, 0.29) is 0 Å². The average Bonchev–Trinajstić information content (AvgIpc) is 1.59. The molecule has 0 amide bonds. The molecular weight excluding hydrogens is 1580 g/mol. The van der Waals surface area contributed by atoms with Crippen molar-refractivity contribution >= 4 is 127 Å². The van der Waals surface area contributed by atoms with Gasteiger partial charge in [0.1, 0.15) is 11.0 Å². The lowest BCUT2D eigenvalue weighted by Crippen LogP contribution is -2.10. The SMILES string of the molecule is Cc1cc(C)c(-c2ccc(-c3ccc4c(c3)c3cc(-c5ccc(-c6c(C)cc(C)cc6C)cc5)ccc3n4-c3ccc(-c4ccc(N(c5ccc(-c6ccc7c(c6)c6cc8ccccc8cc6n7-c6ccc(-c7ccccc7)cc6)cc5)c5ccc(-c6ccc7c(c6)c6cc8ccccc8cc6n7-c6ccc(-c7ccccc7)cc6)cc5)c5nsnc45)cc3)cc2)c(C)c1. The minimum atomic E-state index is 0.821. The third kappa shape index (κ3) is 13.3. The summed E-state index contributed by atoms with van der Waals surface area (Å²) in [4.78, 5) is 2.36. The standard InChI is InChI=1S/C122H86N6S/c1-75-63-77(3)119(78(4)64-75)90-29-25-85(26-30-90)96-43-58-112-106(69-96)107-70-97(86-27-31-91(32-28-86)120-79(5)65-76(2)66-80(120)6)44-59-113(107)126(112)102-55-41-89(42-56-102)105-57-62-116(122-121(105)123-129-124-122)125(100-47-37-87(38-48-100)98-45-60-114-108(71-98)110-67-92-21-13-15-23-94(92)73-117(110)127(114)103-51-33-83(34-52-103)81-17-9-7-10-18-81)101-49-39-88(40-50-101)99-46-61-115-109(72-99)111-68-93-22-14-16-24-95(93)74-118(111)128(115)104-53-35-84(36-54-104)82-19-11-8-12-20-82/h7-74H,1-6H3. The minimum Gasteiger partial charge on any atom is -0.309 e. The van der Waals surface area contributed by atoms with Gasteiger partial charge in [-0.2, -0.15) is 8.75 Å². The molecule has 7 heteroatoms. The average molecular weight is 1670 g/mol. The molecule has 0 N–H and O–H groups in total. The van der Waals surface area contributed by atoms with Crippen LogP contribution in [0.5, 0.6) is 0 Å². The molecule has 0 aliphatic heterocycles. The van der Waals surface area contributed by atoms with E-state index in [9.17, 15) is 0 Å². The maximum Gasteiger partial charge on any atom is 0.129 e. The van der Waals surface area contributed by atoms with Gasteiger partial charge in [-0.25, -0.2) is 0 Å². The van der Waals surface area contributed by atoms with Gasteiger partial charge in [-0.05, 0) is 326 Å². The summed E-state index contributed by atoms with van der Waals surface area (Å²) in [5, 5.41) is 12.1. The van der Waals surface area contributed by atoms with Crippen molar-refractivity contribution < 1.29 is 0 Å². The van der Waals surface area contributed by atoms with Crippen molar-refractivity contribution in [2.75, 3.05) is 4.90 Å². The van der Waals surface area contributed by atoms with Crippen molar-refractivity contribution in [2.24, 2.45) is 0 Å². The van der Waals surface area contributed by atoms with Crippen LogP contribution < -0.4 is 4.90 Å². The third-order valence-electron chi connectivity index (χ3n) is 26.9. The largest absolute Gasteiger partial charge is 0.309 e. The molecule has 4 aromatic heterocycles. The van der Waals surface area contributed by atoms with Gasteiger partial charge in [-0.3, -0.25) is 0 Å². The van der Waals surface area contributed by atoms with Crippen LogP contribution in [0.1, 0.15) is 33.4 Å². The van der Waals surface area contributed by atoms with Crippen LogP contribution >= 0.6 is 11.7 Å². The van der Waals surface area contributed by atoms with E-state index < -0.39 is 0 Å². The lowest BCUT2D eigenvalue weighted by Gasteiger charge is -2.26. The van der Waals surface area contributed by atoms with E-state index in [1.54, 1.807) is 0 Å². The Morgan fingerprint density at radius 2 is 0.481 bits per heavy atom. The number of hydrogen-bond donors (Lipinski definition) is 0. The minimum absolute atomic E-state index is 0.821. The predicted molar refractivity (Wildman–Crippen MR) is 547 cm³/mol. The molecule has 0 saturated heterocycles. The Hall–Kier alpha value is -16.1. The van der Waals surface area contributed by atoms with Crippen LogP contribution in [0.25, 0.3) is 215 Å². The van der Waals surface area contributed by atoms with Gasteiger partial charge >= 0.3 is 0 Å². The molecule has 0 unspecified atom stereocenters. The normalized spacial score (nSPS) is 11.8. The molecule has 0 aliphatic rings. The van der Waals surface area contributed by atoms with Crippen LogP contribution in [0.4, 0.5) is 17.1 Å². The number of rotatable bonds is 15. The zero-order valence-electron chi connectivity index (χ0n) is 72.4. The molecule has 0 spiro atoms. The fraction of sp³-hybridized carbons (Fsp3) is 0.0492. The molecule has 24 rings (SSSR count). The van der Waals surface area contributed by atoms with Gasteiger partial charge in [0.15, 0.2) is 0 Å². The summed E-state index contributed by atoms with van der Waals surface area (Å²) in [6.45, 7) is 13.3. The maximum absolute atomic E-state index is 5.26. The second-order valence-electron chi connectivity index (χ2n) is 35.0. The molecular formula is C122H86N6S. The first kappa shape index (κ1) is 76.6. The first-order valence-corrected chi connectivity index (χ1v) is 45.2. The van der Waals surface area contributed by atoms with Gasteiger partial charge in [0, 0.05) is 66.3 Å². The highest BCUT2D eigenvalue weighted by atomic mass is 32.1. The van der Waals surface area contributed by atoms with Gasteiger partial charge in [0.25, 0.3) is 0 Å². The van der Waals surface area contributed by atoms with Gasteiger partial charge in [-0.15, -0.1) is 0 Å². The number of fused-ring (bicyclic) bond motifs is 12. The molecule has 610 valence electrons. The molecule has 0 atom stereocenters. The zero-order valence-corrected chi connectivity index (χ0v) is 73.2. The smallest absolute Gasteiger partial charge is 0.129 e. The second-order valence-corrected chi connectivity index (χ2v) is 35.5. The summed E-state index contributed by atoms with van der Waals surface area (Å²) >= 11 is 1.26. The van der Waals surface area contributed by atoms with E-state index in [2.05, 4.69) is 473 Å². The van der Waals surface area contributed by atoms with Crippen molar-refractivity contribution in [3.63, 3.8) is 0 Å². The van der Waals surface area contributed by atoms with E-state index >= 15 is 0 Å². The zero-order chi connectivity index (χ0) is 86.2. The fourth-order valence-electron chi connectivity index (χ4n) is 20.9. The highest BCUT2D eigenvalue weighted by Gasteiger charge is 2.25. The third-order valence-corrected chi connectivity index (χ3v) is 27.4. The number of anilines is 3. The number of hydrogen-bond acceptors (Lipinski definition) is 4. The summed E-state index contributed by atoms with van der Waals surface area (Å²) in [6, 6.07) is 153. The maximum atomic E-state index is 5.26. The number of aryl methyl sites for hydroxylation is 6. The molecule has 4 heterocycles. The highest BCUT2D eigenvalue weighted by Crippen LogP contribution is 2.48. The molecule has 0 fully saturated rings. The Kier molecular flexibility index (Phi) is 18.4. The first-order chi connectivity index (χ1) is 63.4. The fourth-order valence-corrected chi connectivity index (χ4v) is 21.4. The van der Waals surface area contributed by atoms with Crippen LogP contribution in [0.2, 0.25) is 0 Å². The van der Waals surface area contributed by atoms with E-state index in [0.717, 1.165) is 101 Å². The van der Waals surface area contributed by atoms with Crippen molar-refractivity contribution in [3.8, 4) is 117 Å².